The van der Waals surface area contributed by atoms with Crippen LogP contribution in [0.5, 0.6) is 0 Å². The third-order valence-corrected chi connectivity index (χ3v) is 3.56. The molecule has 2 rings (SSSR count). The second kappa shape index (κ2) is 6.22. The van der Waals surface area contributed by atoms with E-state index < -0.39 is 0 Å². The lowest BCUT2D eigenvalue weighted by Crippen LogP contribution is -2.21. The van der Waals surface area contributed by atoms with E-state index in [4.69, 9.17) is 8.83 Å². The summed E-state index contributed by atoms with van der Waals surface area (Å²) in [5.41, 5.74) is 1.99. The fourth-order valence-electron chi connectivity index (χ4n) is 2.31. The number of rotatable bonds is 6. The van der Waals surface area contributed by atoms with Gasteiger partial charge in [0, 0.05) is 5.56 Å². The zero-order valence-electron chi connectivity index (χ0n) is 12.9. The minimum Gasteiger partial charge on any atom is -0.466 e. The summed E-state index contributed by atoms with van der Waals surface area (Å²) in [7, 11) is 0. The second-order valence-corrected chi connectivity index (χ2v) is 5.07. The highest BCUT2D eigenvalue weighted by Gasteiger charge is 2.21. The van der Waals surface area contributed by atoms with Crippen LogP contribution in [0.25, 0.3) is 11.5 Å². The lowest BCUT2D eigenvalue weighted by molar-refractivity contribution is 0.395. The third-order valence-electron chi connectivity index (χ3n) is 3.56. The van der Waals surface area contributed by atoms with Crippen molar-refractivity contribution in [1.82, 2.24) is 15.5 Å². The van der Waals surface area contributed by atoms with Gasteiger partial charge in [0.15, 0.2) is 0 Å². The van der Waals surface area contributed by atoms with Crippen molar-refractivity contribution in [2.75, 3.05) is 6.54 Å². The molecule has 0 saturated heterocycles. The first-order valence-corrected chi connectivity index (χ1v) is 7.22. The van der Waals surface area contributed by atoms with E-state index in [2.05, 4.69) is 29.4 Å². The summed E-state index contributed by atoms with van der Waals surface area (Å²) < 4.78 is 11.5. The predicted octanol–water partition coefficient (Wildman–Crippen LogP) is 3.71. The molecule has 5 nitrogen and oxygen atoms in total. The van der Waals surface area contributed by atoms with E-state index in [-0.39, 0.29) is 6.04 Å². The second-order valence-electron chi connectivity index (χ2n) is 5.07. The van der Waals surface area contributed by atoms with Gasteiger partial charge in [-0.1, -0.05) is 13.8 Å². The van der Waals surface area contributed by atoms with Gasteiger partial charge in [-0.25, -0.2) is 0 Å². The van der Waals surface area contributed by atoms with Gasteiger partial charge in [-0.15, -0.1) is 10.2 Å². The van der Waals surface area contributed by atoms with Crippen molar-refractivity contribution in [1.29, 1.82) is 0 Å². The number of furan rings is 1. The topological polar surface area (TPSA) is 64.1 Å². The predicted molar refractivity (Wildman–Crippen MR) is 77.5 cm³/mol. The zero-order valence-corrected chi connectivity index (χ0v) is 12.9. The Labute approximate surface area is 119 Å². The molecule has 5 heteroatoms. The lowest BCUT2D eigenvalue weighted by Gasteiger charge is -2.11. The summed E-state index contributed by atoms with van der Waals surface area (Å²) in [6, 6.07) is 0.116. The SMILES string of the molecule is CCCNC(CC)c1nnc(-c2c(C)oc(C)c2C)o1. The first kappa shape index (κ1) is 14.8. The molecule has 1 unspecified atom stereocenters. The van der Waals surface area contributed by atoms with E-state index in [0.717, 1.165) is 42.0 Å². The molecule has 2 aromatic rings. The molecule has 2 heterocycles. The molecule has 0 radical (unpaired) electrons. The van der Waals surface area contributed by atoms with Crippen molar-refractivity contribution >= 4 is 0 Å². The molecule has 0 aliphatic carbocycles. The van der Waals surface area contributed by atoms with Gasteiger partial charge in [0.25, 0.3) is 5.89 Å². The van der Waals surface area contributed by atoms with Gasteiger partial charge in [0.1, 0.15) is 11.5 Å². The smallest absolute Gasteiger partial charge is 0.251 e. The molecular weight excluding hydrogens is 254 g/mol. The minimum absolute atomic E-state index is 0.116. The summed E-state index contributed by atoms with van der Waals surface area (Å²) in [5, 5.41) is 11.8. The minimum atomic E-state index is 0.116. The van der Waals surface area contributed by atoms with E-state index in [1.807, 2.05) is 20.8 Å². The molecule has 0 fully saturated rings. The van der Waals surface area contributed by atoms with Crippen LogP contribution in [-0.4, -0.2) is 16.7 Å². The van der Waals surface area contributed by atoms with Crippen molar-refractivity contribution in [2.24, 2.45) is 0 Å². The Hall–Kier alpha value is -1.62. The van der Waals surface area contributed by atoms with Gasteiger partial charge in [0.2, 0.25) is 5.89 Å². The summed E-state index contributed by atoms with van der Waals surface area (Å²) in [5.74, 6) is 2.91. The Morgan fingerprint density at radius 3 is 2.35 bits per heavy atom. The van der Waals surface area contributed by atoms with Gasteiger partial charge in [-0.3, -0.25) is 0 Å². The monoisotopic (exact) mass is 277 g/mol. The lowest BCUT2D eigenvalue weighted by atomic mass is 10.1. The molecule has 0 bridgehead atoms. The van der Waals surface area contributed by atoms with Crippen LogP contribution in [0.2, 0.25) is 0 Å². The van der Waals surface area contributed by atoms with Gasteiger partial charge < -0.3 is 14.2 Å². The Morgan fingerprint density at radius 1 is 1.05 bits per heavy atom. The third kappa shape index (κ3) is 2.77. The standard InChI is InChI=1S/C15H23N3O2/c1-6-8-16-12(7-2)14-17-18-15(20-14)13-9(3)10(4)19-11(13)5/h12,16H,6-8H2,1-5H3. The maximum absolute atomic E-state index is 5.85. The Bertz CT molecular complexity index is 572. The molecule has 0 aliphatic rings. The molecule has 1 N–H and O–H groups in total. The van der Waals surface area contributed by atoms with Crippen molar-refractivity contribution in [3.63, 3.8) is 0 Å². The number of aromatic nitrogens is 2. The van der Waals surface area contributed by atoms with Crippen molar-refractivity contribution < 1.29 is 8.83 Å². The number of hydrogen-bond donors (Lipinski definition) is 1. The highest BCUT2D eigenvalue weighted by Crippen LogP contribution is 2.31. The number of hydrogen-bond acceptors (Lipinski definition) is 5. The molecule has 0 aromatic carbocycles. The van der Waals surface area contributed by atoms with Crippen LogP contribution >= 0.6 is 0 Å². The maximum Gasteiger partial charge on any atom is 0.251 e. The summed E-state index contributed by atoms with van der Waals surface area (Å²) >= 11 is 0. The van der Waals surface area contributed by atoms with Crippen LogP contribution in [0.4, 0.5) is 0 Å². The van der Waals surface area contributed by atoms with E-state index >= 15 is 0 Å². The van der Waals surface area contributed by atoms with Crippen LogP contribution in [0.3, 0.4) is 0 Å². The van der Waals surface area contributed by atoms with Crippen LogP contribution in [-0.2, 0) is 0 Å². The molecule has 110 valence electrons. The van der Waals surface area contributed by atoms with Crippen LogP contribution in [0, 0.1) is 20.8 Å². The van der Waals surface area contributed by atoms with E-state index in [9.17, 15) is 0 Å². The van der Waals surface area contributed by atoms with Gasteiger partial charge in [-0.2, -0.15) is 0 Å². The first-order chi connectivity index (χ1) is 9.58. The quantitative estimate of drug-likeness (QED) is 0.872. The normalized spacial score (nSPS) is 12.8. The van der Waals surface area contributed by atoms with E-state index in [0.29, 0.717) is 11.8 Å². The van der Waals surface area contributed by atoms with Crippen molar-refractivity contribution in [2.45, 2.75) is 53.5 Å². The molecular formula is C15H23N3O2. The van der Waals surface area contributed by atoms with Crippen molar-refractivity contribution in [3.05, 3.63) is 23.0 Å². The van der Waals surface area contributed by atoms with E-state index in [1.165, 1.54) is 0 Å². The highest BCUT2D eigenvalue weighted by atomic mass is 16.4. The molecule has 0 amide bonds. The zero-order chi connectivity index (χ0) is 14.7. The molecule has 0 aliphatic heterocycles. The van der Waals surface area contributed by atoms with E-state index in [1.54, 1.807) is 0 Å². The average molecular weight is 277 g/mol. The molecule has 0 saturated carbocycles. The van der Waals surface area contributed by atoms with Gasteiger partial charge in [-0.05, 0) is 40.2 Å². The summed E-state index contributed by atoms with van der Waals surface area (Å²) in [4.78, 5) is 0. The largest absolute Gasteiger partial charge is 0.466 e. The van der Waals surface area contributed by atoms with Crippen LogP contribution in [0.1, 0.15) is 55.7 Å². The Kier molecular flexibility index (Phi) is 4.60. The highest BCUT2D eigenvalue weighted by molar-refractivity contribution is 5.61. The van der Waals surface area contributed by atoms with Crippen LogP contribution < -0.4 is 5.32 Å². The average Bonchev–Trinajstić information content (AvgIpc) is 2.97. The van der Waals surface area contributed by atoms with Crippen molar-refractivity contribution in [3.8, 4) is 11.5 Å². The van der Waals surface area contributed by atoms with Gasteiger partial charge >= 0.3 is 0 Å². The Balaban J connectivity index is 2.28. The summed E-state index contributed by atoms with van der Waals surface area (Å²) in [6.45, 7) is 11.1. The number of aryl methyl sites for hydroxylation is 2. The fraction of sp³-hybridized carbons (Fsp3) is 0.600. The Morgan fingerprint density at radius 2 is 1.80 bits per heavy atom. The van der Waals surface area contributed by atoms with Crippen LogP contribution in [0.15, 0.2) is 8.83 Å². The fourth-order valence-corrected chi connectivity index (χ4v) is 2.31. The molecule has 20 heavy (non-hydrogen) atoms. The maximum atomic E-state index is 5.85. The molecule has 1 atom stereocenters. The van der Waals surface area contributed by atoms with Gasteiger partial charge in [0.05, 0.1) is 11.6 Å². The number of nitrogens with zero attached hydrogens (tertiary/aromatic N) is 2. The molecule has 2 aromatic heterocycles. The molecule has 0 spiro atoms. The number of nitrogens with one attached hydrogen (secondary N) is 1. The summed E-state index contributed by atoms with van der Waals surface area (Å²) in [6.07, 6.45) is 2.00. The first-order valence-electron chi connectivity index (χ1n) is 7.22.